The van der Waals surface area contributed by atoms with Crippen molar-refractivity contribution in [1.82, 2.24) is 30.0 Å². The molecule has 4 aliphatic rings. The third kappa shape index (κ3) is 4.20. The Bertz CT molecular complexity index is 1420. The number of H-pyrrole nitrogens is 1. The molecule has 8 rings (SSSR count). The van der Waals surface area contributed by atoms with Crippen molar-refractivity contribution < 1.29 is 9.13 Å². The minimum Gasteiger partial charge on any atom is -0.378 e. The van der Waals surface area contributed by atoms with E-state index in [1.165, 1.54) is 5.39 Å². The molecule has 4 heterocycles. The van der Waals surface area contributed by atoms with Gasteiger partial charge in [-0.15, -0.1) is 0 Å². The zero-order valence-electron chi connectivity index (χ0n) is 21.1. The van der Waals surface area contributed by atoms with Crippen molar-refractivity contribution in [2.45, 2.75) is 51.0 Å². The highest BCUT2D eigenvalue weighted by Gasteiger charge is 2.70. The lowest BCUT2D eigenvalue weighted by molar-refractivity contribution is -0.226. The summed E-state index contributed by atoms with van der Waals surface area (Å²) in [6.45, 7) is 6.80. The number of aromatic amines is 1. The largest absolute Gasteiger partial charge is 0.378 e. The van der Waals surface area contributed by atoms with Gasteiger partial charge >= 0.3 is 0 Å². The van der Waals surface area contributed by atoms with Gasteiger partial charge in [0.1, 0.15) is 12.0 Å². The van der Waals surface area contributed by atoms with Crippen LogP contribution in [0.5, 0.6) is 0 Å². The summed E-state index contributed by atoms with van der Waals surface area (Å²) in [6.07, 6.45) is 7.65. The highest BCUT2D eigenvalue weighted by molar-refractivity contribution is 5.81. The lowest BCUT2D eigenvalue weighted by Crippen LogP contribution is -2.70. The summed E-state index contributed by atoms with van der Waals surface area (Å²) in [5.74, 6) is 0.674. The fourth-order valence-electron chi connectivity index (χ4n) is 6.34. The topological polar surface area (TPSA) is 83.9 Å². The van der Waals surface area contributed by atoms with E-state index in [1.807, 2.05) is 17.1 Å². The monoisotopic (exact) mass is 501 g/mol. The van der Waals surface area contributed by atoms with Crippen molar-refractivity contribution in [2.24, 2.45) is 5.41 Å². The Hall–Kier alpha value is -3.30. The van der Waals surface area contributed by atoms with Gasteiger partial charge in [-0.3, -0.25) is 4.98 Å². The van der Waals surface area contributed by atoms with Gasteiger partial charge in [0.05, 0.1) is 31.6 Å². The number of morpholine rings is 1. The van der Waals surface area contributed by atoms with Gasteiger partial charge in [0.15, 0.2) is 5.82 Å². The van der Waals surface area contributed by atoms with Gasteiger partial charge in [-0.2, -0.15) is 5.10 Å². The summed E-state index contributed by atoms with van der Waals surface area (Å²) in [5, 5.41) is 9.52. The number of hydrogen-bond donors (Lipinski definition) is 2. The summed E-state index contributed by atoms with van der Waals surface area (Å²) >= 11 is 0. The Morgan fingerprint density at radius 3 is 2.78 bits per heavy atom. The molecule has 1 saturated heterocycles. The van der Waals surface area contributed by atoms with Gasteiger partial charge in [0, 0.05) is 48.6 Å². The molecule has 2 N–H and O–H groups in total. The number of ether oxygens (including phenoxy) is 1. The number of pyridine rings is 1. The van der Waals surface area contributed by atoms with Crippen LogP contribution in [-0.4, -0.2) is 62.7 Å². The number of halogens is 1. The van der Waals surface area contributed by atoms with E-state index in [2.05, 4.69) is 62.4 Å². The molecule has 1 aliphatic heterocycles. The minimum atomic E-state index is -0.845. The first kappa shape index (κ1) is 22.9. The molecule has 0 spiro atoms. The smallest absolute Gasteiger partial charge is 0.182 e. The normalized spacial score (nSPS) is 25.6. The Morgan fingerprint density at radius 2 is 1.97 bits per heavy atom. The zero-order chi connectivity index (χ0) is 25.0. The van der Waals surface area contributed by atoms with Gasteiger partial charge in [-0.05, 0) is 60.7 Å². The van der Waals surface area contributed by atoms with Crippen LogP contribution in [-0.2, 0) is 17.8 Å². The summed E-state index contributed by atoms with van der Waals surface area (Å²) in [7, 11) is 0. The second-order valence-corrected chi connectivity index (χ2v) is 11.2. The van der Waals surface area contributed by atoms with Crippen LogP contribution < -0.4 is 10.2 Å². The van der Waals surface area contributed by atoms with E-state index in [1.54, 1.807) is 6.33 Å². The first-order valence-electron chi connectivity index (χ1n) is 13.2. The highest BCUT2D eigenvalue weighted by atomic mass is 19.1. The van der Waals surface area contributed by atoms with Gasteiger partial charge in [0.25, 0.3) is 0 Å². The predicted molar refractivity (Wildman–Crippen MR) is 140 cm³/mol. The Kier molecular flexibility index (Phi) is 5.33. The fourth-order valence-corrected chi connectivity index (χ4v) is 6.34. The minimum absolute atomic E-state index is 0.185. The van der Waals surface area contributed by atoms with E-state index in [0.29, 0.717) is 18.4 Å². The first-order valence-corrected chi connectivity index (χ1v) is 13.2. The second-order valence-electron chi connectivity index (χ2n) is 11.2. The molecule has 1 unspecified atom stereocenters. The van der Waals surface area contributed by atoms with Crippen molar-refractivity contribution in [1.29, 1.82) is 0 Å². The lowest BCUT2D eigenvalue weighted by Gasteiger charge is -2.68. The third-order valence-electron chi connectivity index (χ3n) is 8.51. The number of aromatic nitrogens is 5. The average Bonchev–Trinajstić information content (AvgIpc) is 3.52. The zero-order valence-corrected chi connectivity index (χ0v) is 21.1. The average molecular weight is 502 g/mol. The number of alkyl halides is 1. The maximum Gasteiger partial charge on any atom is 0.182 e. The summed E-state index contributed by atoms with van der Waals surface area (Å²) < 4.78 is 21.2. The van der Waals surface area contributed by atoms with Crippen LogP contribution in [0, 0.1) is 5.41 Å². The van der Waals surface area contributed by atoms with E-state index >= 15 is 0 Å². The molecule has 1 atom stereocenters. The molecular formula is C28H32FN7O. The van der Waals surface area contributed by atoms with Crippen molar-refractivity contribution in [3.05, 3.63) is 60.3 Å². The molecule has 9 heteroatoms. The number of hydrogen-bond acceptors (Lipinski definition) is 6. The molecule has 3 aromatic heterocycles. The maximum absolute atomic E-state index is 13.9. The SMILES string of the molecule is CC(NCc1cc2ccc(Cn3cnc(-c4cncc(N5CCOCC5)c4)n3)cc2[nH]1)C12CC(F)(C1)C2. The molecule has 4 fully saturated rings. The molecule has 0 amide bonds. The Morgan fingerprint density at radius 1 is 1.14 bits per heavy atom. The highest BCUT2D eigenvalue weighted by Crippen LogP contribution is 2.70. The molecule has 8 nitrogen and oxygen atoms in total. The number of fused-ring (bicyclic) bond motifs is 1. The first-order chi connectivity index (χ1) is 18.0. The molecule has 192 valence electrons. The quantitative estimate of drug-likeness (QED) is 0.379. The van der Waals surface area contributed by atoms with Crippen LogP contribution >= 0.6 is 0 Å². The predicted octanol–water partition coefficient (Wildman–Crippen LogP) is 4.08. The number of anilines is 1. The number of nitrogens with zero attached hydrogens (tertiary/aromatic N) is 5. The third-order valence-corrected chi connectivity index (χ3v) is 8.51. The van der Waals surface area contributed by atoms with E-state index < -0.39 is 5.67 Å². The van der Waals surface area contributed by atoms with Gasteiger partial charge in [0.2, 0.25) is 0 Å². The molecule has 0 radical (unpaired) electrons. The van der Waals surface area contributed by atoms with E-state index in [4.69, 9.17) is 9.84 Å². The van der Waals surface area contributed by atoms with Crippen molar-refractivity contribution in [3.63, 3.8) is 0 Å². The van der Waals surface area contributed by atoms with Gasteiger partial charge in [-0.25, -0.2) is 14.1 Å². The van der Waals surface area contributed by atoms with Crippen LogP contribution in [0.15, 0.2) is 49.1 Å². The molecule has 4 aromatic rings. The molecule has 3 saturated carbocycles. The summed E-state index contributed by atoms with van der Waals surface area (Å²) in [4.78, 5) is 14.8. The van der Waals surface area contributed by atoms with Crippen molar-refractivity contribution >= 4 is 16.6 Å². The maximum atomic E-state index is 13.9. The van der Waals surface area contributed by atoms with Crippen LogP contribution in [0.1, 0.15) is 37.4 Å². The van der Waals surface area contributed by atoms with Crippen molar-refractivity contribution in [3.8, 4) is 11.4 Å². The Balaban J connectivity index is 1.01. The van der Waals surface area contributed by atoms with E-state index in [9.17, 15) is 4.39 Å². The Labute approximate surface area is 215 Å². The summed E-state index contributed by atoms with van der Waals surface area (Å²) in [5.41, 5.74) is 4.74. The summed E-state index contributed by atoms with van der Waals surface area (Å²) in [6, 6.07) is 11.1. The van der Waals surface area contributed by atoms with Crippen LogP contribution in [0.2, 0.25) is 0 Å². The van der Waals surface area contributed by atoms with Gasteiger partial charge < -0.3 is 19.9 Å². The second kappa shape index (κ2) is 8.63. The molecule has 1 aromatic carbocycles. The van der Waals surface area contributed by atoms with Gasteiger partial charge in [-0.1, -0.05) is 12.1 Å². The van der Waals surface area contributed by atoms with Crippen LogP contribution in [0.25, 0.3) is 22.3 Å². The van der Waals surface area contributed by atoms with E-state index in [-0.39, 0.29) is 5.41 Å². The number of benzene rings is 1. The number of rotatable bonds is 8. The van der Waals surface area contributed by atoms with Crippen LogP contribution in [0.4, 0.5) is 10.1 Å². The number of nitrogens with one attached hydrogen (secondary N) is 2. The molecule has 37 heavy (non-hydrogen) atoms. The molecule has 3 aliphatic carbocycles. The standard InChI is InChI=1S/C28H32FN7O/c1-19(27-15-28(29,16-27)17-27)31-12-23-9-21-3-2-20(8-25(21)33-23)14-36-18-32-26(34-36)22-10-24(13-30-11-22)35-4-6-37-7-5-35/h2-3,8-11,13,18-19,31,33H,4-7,12,14-17H2,1H3. The van der Waals surface area contributed by atoms with Crippen molar-refractivity contribution in [2.75, 3.05) is 31.2 Å². The van der Waals surface area contributed by atoms with E-state index in [0.717, 1.165) is 80.1 Å². The van der Waals surface area contributed by atoms with Crippen LogP contribution in [0.3, 0.4) is 0 Å². The lowest BCUT2D eigenvalue weighted by atomic mass is 9.40. The molecule has 2 bridgehead atoms. The molecular weight excluding hydrogens is 469 g/mol. The fraction of sp³-hybridized carbons (Fsp3) is 0.464.